The predicted octanol–water partition coefficient (Wildman–Crippen LogP) is 3.55. The number of ether oxygens (including phenoxy) is 1. The quantitative estimate of drug-likeness (QED) is 0.905. The van der Waals surface area contributed by atoms with Gasteiger partial charge >= 0.3 is 0 Å². The largest absolute Gasteiger partial charge is 0.490 e. The maximum atomic E-state index is 6.18. The van der Waals surface area contributed by atoms with Crippen molar-refractivity contribution in [2.45, 2.75) is 44.4 Å². The normalized spacial score (nSPS) is 22.2. The van der Waals surface area contributed by atoms with Crippen LogP contribution in [0.4, 0.5) is 0 Å². The van der Waals surface area contributed by atoms with Crippen LogP contribution in [0.1, 0.15) is 42.9 Å². The lowest BCUT2D eigenvalue weighted by atomic mass is 10.0. The molecule has 2 aromatic rings. The van der Waals surface area contributed by atoms with E-state index < -0.39 is 0 Å². The molecule has 1 aromatic carbocycles. The van der Waals surface area contributed by atoms with Crippen molar-refractivity contribution < 1.29 is 4.74 Å². The molecule has 2 fully saturated rings. The minimum atomic E-state index is 0.377. The second-order valence-electron chi connectivity index (χ2n) is 7.15. The molecule has 1 atom stereocenters. The Bertz CT molecular complexity index is 670. The number of aromatic nitrogens is 1. The van der Waals surface area contributed by atoms with E-state index in [4.69, 9.17) is 4.74 Å². The second-order valence-corrected chi connectivity index (χ2v) is 7.15. The van der Waals surface area contributed by atoms with Crippen molar-refractivity contribution in [2.24, 2.45) is 0 Å². The number of nitrogens with one attached hydrogen (secondary N) is 1. The van der Waals surface area contributed by atoms with Gasteiger partial charge in [0.1, 0.15) is 5.75 Å². The number of pyridine rings is 1. The molecule has 132 valence electrons. The van der Waals surface area contributed by atoms with E-state index in [0.29, 0.717) is 12.1 Å². The summed E-state index contributed by atoms with van der Waals surface area (Å²) in [5.74, 6) is 1.03. The molecule has 4 heteroatoms. The Balaban J connectivity index is 1.46. The van der Waals surface area contributed by atoms with Crippen molar-refractivity contribution in [1.29, 1.82) is 0 Å². The van der Waals surface area contributed by atoms with E-state index in [9.17, 15) is 0 Å². The average molecular weight is 337 g/mol. The van der Waals surface area contributed by atoms with Crippen molar-refractivity contribution >= 4 is 0 Å². The Morgan fingerprint density at radius 3 is 2.92 bits per heavy atom. The molecule has 0 amide bonds. The van der Waals surface area contributed by atoms with Crippen LogP contribution in [-0.2, 0) is 6.54 Å². The third-order valence-electron chi connectivity index (χ3n) is 5.31. The van der Waals surface area contributed by atoms with Gasteiger partial charge in [-0.15, -0.1) is 0 Å². The number of hydrogen-bond donors (Lipinski definition) is 1. The van der Waals surface area contributed by atoms with Crippen molar-refractivity contribution in [3.63, 3.8) is 0 Å². The van der Waals surface area contributed by atoms with Crippen LogP contribution in [0.3, 0.4) is 0 Å². The lowest BCUT2D eigenvalue weighted by molar-refractivity contribution is 0.153. The summed E-state index contributed by atoms with van der Waals surface area (Å²) in [5.41, 5.74) is 2.61. The maximum absolute atomic E-state index is 6.18. The summed E-state index contributed by atoms with van der Waals surface area (Å²) in [4.78, 5) is 6.84. The van der Waals surface area contributed by atoms with Gasteiger partial charge in [-0.25, -0.2) is 0 Å². The van der Waals surface area contributed by atoms with Crippen LogP contribution in [0.15, 0.2) is 48.8 Å². The molecule has 0 bridgehead atoms. The lowest BCUT2D eigenvalue weighted by Crippen LogP contribution is -2.45. The van der Waals surface area contributed by atoms with Crippen molar-refractivity contribution in [2.75, 3.05) is 19.6 Å². The fraction of sp³-hybridized carbons (Fsp3) is 0.476. The summed E-state index contributed by atoms with van der Waals surface area (Å²) in [6.07, 6.45) is 9.25. The maximum Gasteiger partial charge on any atom is 0.120 e. The van der Waals surface area contributed by atoms with Crippen molar-refractivity contribution in [3.05, 3.63) is 59.9 Å². The van der Waals surface area contributed by atoms with Gasteiger partial charge in [0, 0.05) is 44.6 Å². The number of piperazine rings is 1. The highest BCUT2D eigenvalue weighted by Crippen LogP contribution is 2.27. The Morgan fingerprint density at radius 2 is 2.08 bits per heavy atom. The molecule has 4 rings (SSSR count). The number of benzene rings is 1. The summed E-state index contributed by atoms with van der Waals surface area (Å²) in [6.45, 7) is 4.01. The van der Waals surface area contributed by atoms with Gasteiger partial charge in [-0.2, -0.15) is 0 Å². The standard InChI is InChI=1S/C21H27N3O/c1-2-8-19(7-1)25-20-9-3-5-17(13-20)16-24-12-11-23-15-21(24)18-6-4-10-22-14-18/h3-6,9-10,13-14,19,21,23H,1-2,7-8,11-12,15-16H2. The topological polar surface area (TPSA) is 37.4 Å². The number of nitrogens with zero attached hydrogens (tertiary/aromatic N) is 2. The molecule has 25 heavy (non-hydrogen) atoms. The molecule has 1 N–H and O–H groups in total. The van der Waals surface area contributed by atoms with Gasteiger partial charge in [0.25, 0.3) is 0 Å². The van der Waals surface area contributed by atoms with Crippen molar-refractivity contribution in [3.8, 4) is 5.75 Å². The summed E-state index contributed by atoms with van der Waals surface area (Å²) >= 11 is 0. The van der Waals surface area contributed by atoms with Crippen LogP contribution < -0.4 is 10.1 Å². The van der Waals surface area contributed by atoms with Crippen LogP contribution in [-0.4, -0.2) is 35.6 Å². The Hall–Kier alpha value is -1.91. The molecular weight excluding hydrogens is 310 g/mol. The van der Waals surface area contributed by atoms with Crippen LogP contribution in [0.5, 0.6) is 5.75 Å². The lowest BCUT2D eigenvalue weighted by Gasteiger charge is -2.36. The summed E-state index contributed by atoms with van der Waals surface area (Å²) in [5, 5.41) is 3.51. The number of rotatable bonds is 5. The first kappa shape index (κ1) is 16.6. The van der Waals surface area contributed by atoms with E-state index in [0.717, 1.165) is 31.9 Å². The third kappa shape index (κ3) is 4.20. The van der Waals surface area contributed by atoms with Gasteiger partial charge in [-0.3, -0.25) is 9.88 Å². The average Bonchev–Trinajstić information content (AvgIpc) is 3.16. The van der Waals surface area contributed by atoms with Gasteiger partial charge in [-0.1, -0.05) is 18.2 Å². The zero-order valence-corrected chi connectivity index (χ0v) is 14.7. The molecule has 2 aliphatic rings. The van der Waals surface area contributed by atoms with E-state index in [-0.39, 0.29) is 0 Å². The molecule has 1 aliphatic carbocycles. The smallest absolute Gasteiger partial charge is 0.120 e. The van der Waals surface area contributed by atoms with Crippen LogP contribution in [0.2, 0.25) is 0 Å². The Kier molecular flexibility index (Phi) is 5.28. The first-order valence-corrected chi connectivity index (χ1v) is 9.49. The SMILES string of the molecule is c1cc(CN2CCNCC2c2cccnc2)cc(OC2CCCC2)c1. The highest BCUT2D eigenvalue weighted by atomic mass is 16.5. The van der Waals surface area contributed by atoms with E-state index in [1.807, 2.05) is 18.5 Å². The van der Waals surface area contributed by atoms with Crippen molar-refractivity contribution in [1.82, 2.24) is 15.2 Å². The monoisotopic (exact) mass is 337 g/mol. The summed E-state index contributed by atoms with van der Waals surface area (Å²) in [7, 11) is 0. The highest BCUT2D eigenvalue weighted by molar-refractivity contribution is 5.29. The molecule has 0 spiro atoms. The molecule has 0 radical (unpaired) electrons. The minimum absolute atomic E-state index is 0.377. The molecule has 1 aliphatic heterocycles. The summed E-state index contributed by atoms with van der Waals surface area (Å²) in [6, 6.07) is 13.2. The van der Waals surface area contributed by atoms with Crippen LogP contribution >= 0.6 is 0 Å². The highest BCUT2D eigenvalue weighted by Gasteiger charge is 2.24. The van der Waals surface area contributed by atoms with Gasteiger partial charge in [0.2, 0.25) is 0 Å². The molecule has 1 saturated carbocycles. The molecule has 4 nitrogen and oxygen atoms in total. The fourth-order valence-corrected chi connectivity index (χ4v) is 3.99. The molecule has 2 heterocycles. The minimum Gasteiger partial charge on any atom is -0.490 e. The Labute approximate surface area is 150 Å². The molecule has 1 saturated heterocycles. The first-order valence-electron chi connectivity index (χ1n) is 9.49. The zero-order chi connectivity index (χ0) is 16.9. The van der Waals surface area contributed by atoms with Gasteiger partial charge in [0.05, 0.1) is 6.10 Å². The predicted molar refractivity (Wildman–Crippen MR) is 99.6 cm³/mol. The van der Waals surface area contributed by atoms with Gasteiger partial charge in [-0.05, 0) is 55.0 Å². The Morgan fingerprint density at radius 1 is 1.16 bits per heavy atom. The second kappa shape index (κ2) is 7.98. The number of hydrogen-bond acceptors (Lipinski definition) is 4. The third-order valence-corrected chi connectivity index (χ3v) is 5.31. The fourth-order valence-electron chi connectivity index (χ4n) is 3.99. The van der Waals surface area contributed by atoms with E-state index in [1.165, 1.54) is 36.8 Å². The van der Waals surface area contributed by atoms with Crippen LogP contribution in [0.25, 0.3) is 0 Å². The molecule has 1 aromatic heterocycles. The zero-order valence-electron chi connectivity index (χ0n) is 14.7. The molecular formula is C21H27N3O. The molecule has 1 unspecified atom stereocenters. The van der Waals surface area contributed by atoms with E-state index in [1.54, 1.807) is 0 Å². The van der Waals surface area contributed by atoms with Gasteiger partial charge in [0.15, 0.2) is 0 Å². The van der Waals surface area contributed by atoms with Crippen LogP contribution in [0, 0.1) is 0 Å². The summed E-state index contributed by atoms with van der Waals surface area (Å²) < 4.78 is 6.18. The first-order chi connectivity index (χ1) is 12.4. The van der Waals surface area contributed by atoms with E-state index in [2.05, 4.69) is 45.5 Å². The van der Waals surface area contributed by atoms with E-state index >= 15 is 0 Å². The van der Waals surface area contributed by atoms with Gasteiger partial charge < -0.3 is 10.1 Å².